The lowest BCUT2D eigenvalue weighted by Crippen LogP contribution is -2.23. The highest BCUT2D eigenvalue weighted by molar-refractivity contribution is 9.10. The van der Waals surface area contributed by atoms with E-state index in [0.717, 1.165) is 44.0 Å². The van der Waals surface area contributed by atoms with Crippen LogP contribution in [0.15, 0.2) is 71.7 Å². The van der Waals surface area contributed by atoms with Crippen molar-refractivity contribution in [1.82, 2.24) is 19.9 Å². The van der Waals surface area contributed by atoms with Crippen LogP contribution in [0.5, 0.6) is 0 Å². The SMILES string of the molecule is Cc1ccc([C@@H]2CCCN2c2cnc(Br)c(Cl)n2)cc1.Cc1ccc([C@@H]2CCCN2c2cncc(Cl)n2)cc1. The summed E-state index contributed by atoms with van der Waals surface area (Å²) in [6, 6.07) is 18.2. The molecule has 2 aliphatic rings. The number of benzene rings is 2. The molecule has 9 heteroatoms. The van der Waals surface area contributed by atoms with Crippen molar-refractivity contribution in [1.29, 1.82) is 0 Å². The molecule has 0 unspecified atom stereocenters. The van der Waals surface area contributed by atoms with Gasteiger partial charge < -0.3 is 9.80 Å². The molecular weight excluding hydrogens is 595 g/mol. The lowest BCUT2D eigenvalue weighted by molar-refractivity contribution is 0.709. The van der Waals surface area contributed by atoms with Gasteiger partial charge in [0, 0.05) is 13.1 Å². The number of hydrogen-bond acceptors (Lipinski definition) is 6. The van der Waals surface area contributed by atoms with Crippen LogP contribution >= 0.6 is 39.1 Å². The fourth-order valence-electron chi connectivity index (χ4n) is 5.30. The lowest BCUT2D eigenvalue weighted by atomic mass is 10.0. The summed E-state index contributed by atoms with van der Waals surface area (Å²) in [5.74, 6) is 1.72. The van der Waals surface area contributed by atoms with Crippen molar-refractivity contribution in [3.63, 3.8) is 0 Å². The number of aromatic nitrogens is 4. The van der Waals surface area contributed by atoms with Crippen molar-refractivity contribution in [3.8, 4) is 0 Å². The summed E-state index contributed by atoms with van der Waals surface area (Å²) in [7, 11) is 0. The van der Waals surface area contributed by atoms with E-state index in [4.69, 9.17) is 23.2 Å². The molecule has 2 atom stereocenters. The van der Waals surface area contributed by atoms with Crippen molar-refractivity contribution in [2.45, 2.75) is 51.6 Å². The van der Waals surface area contributed by atoms with Crippen LogP contribution < -0.4 is 9.80 Å². The number of anilines is 2. The molecule has 4 heterocycles. The van der Waals surface area contributed by atoms with Gasteiger partial charge in [-0.05, 0) is 66.6 Å². The third-order valence-corrected chi connectivity index (χ3v) is 8.54. The summed E-state index contributed by atoms with van der Waals surface area (Å²) >= 11 is 15.3. The molecule has 0 spiro atoms. The van der Waals surface area contributed by atoms with E-state index in [9.17, 15) is 0 Å². The highest BCUT2D eigenvalue weighted by Crippen LogP contribution is 2.37. The zero-order chi connectivity index (χ0) is 27.4. The third-order valence-electron chi connectivity index (χ3n) is 7.29. The van der Waals surface area contributed by atoms with Crippen molar-refractivity contribution < 1.29 is 0 Å². The molecule has 0 bridgehead atoms. The Morgan fingerprint density at radius 3 is 1.72 bits per heavy atom. The second-order valence-electron chi connectivity index (χ2n) is 10.0. The van der Waals surface area contributed by atoms with Gasteiger partial charge in [0.2, 0.25) is 0 Å². The topological polar surface area (TPSA) is 58.0 Å². The summed E-state index contributed by atoms with van der Waals surface area (Å²) in [6.07, 6.45) is 9.76. The van der Waals surface area contributed by atoms with Crippen LogP contribution in [0.4, 0.5) is 11.6 Å². The van der Waals surface area contributed by atoms with Crippen molar-refractivity contribution in [3.05, 3.63) is 104 Å². The highest BCUT2D eigenvalue weighted by atomic mass is 79.9. The van der Waals surface area contributed by atoms with Gasteiger partial charge in [-0.25, -0.2) is 15.0 Å². The maximum absolute atomic E-state index is 6.06. The Labute approximate surface area is 248 Å². The van der Waals surface area contributed by atoms with E-state index in [1.54, 1.807) is 18.6 Å². The van der Waals surface area contributed by atoms with Crippen LogP contribution in [0.25, 0.3) is 0 Å². The normalized spacial score (nSPS) is 18.7. The molecule has 202 valence electrons. The Morgan fingerprint density at radius 1 is 0.718 bits per heavy atom. The van der Waals surface area contributed by atoms with Crippen LogP contribution in [0.1, 0.15) is 60.0 Å². The predicted molar refractivity (Wildman–Crippen MR) is 163 cm³/mol. The first-order valence-electron chi connectivity index (χ1n) is 13.2. The maximum Gasteiger partial charge on any atom is 0.164 e. The second kappa shape index (κ2) is 12.6. The van der Waals surface area contributed by atoms with Crippen molar-refractivity contribution in [2.24, 2.45) is 0 Å². The Balaban J connectivity index is 0.000000158. The fourth-order valence-corrected chi connectivity index (χ4v) is 5.77. The monoisotopic (exact) mass is 624 g/mol. The van der Waals surface area contributed by atoms with Gasteiger partial charge in [-0.3, -0.25) is 4.98 Å². The van der Waals surface area contributed by atoms with Crippen LogP contribution in [-0.2, 0) is 0 Å². The van der Waals surface area contributed by atoms with E-state index >= 15 is 0 Å². The van der Waals surface area contributed by atoms with E-state index in [1.807, 2.05) is 0 Å². The molecule has 4 aromatic rings. The fraction of sp³-hybridized carbons (Fsp3) is 0.333. The summed E-state index contributed by atoms with van der Waals surface area (Å²) in [5.41, 5.74) is 5.24. The summed E-state index contributed by atoms with van der Waals surface area (Å²) < 4.78 is 0.592. The summed E-state index contributed by atoms with van der Waals surface area (Å²) in [6.45, 7) is 6.22. The van der Waals surface area contributed by atoms with Crippen LogP contribution in [0, 0.1) is 13.8 Å². The first kappa shape index (κ1) is 27.8. The van der Waals surface area contributed by atoms with Gasteiger partial charge in [-0.1, -0.05) is 82.9 Å². The Kier molecular flexibility index (Phi) is 9.00. The molecule has 0 N–H and O–H groups in total. The van der Waals surface area contributed by atoms with Crippen molar-refractivity contribution in [2.75, 3.05) is 22.9 Å². The molecule has 6 nitrogen and oxygen atoms in total. The van der Waals surface area contributed by atoms with E-state index in [-0.39, 0.29) is 0 Å². The van der Waals surface area contributed by atoms with E-state index in [2.05, 4.69) is 108 Å². The molecule has 39 heavy (non-hydrogen) atoms. The molecule has 2 aliphatic heterocycles. The molecular formula is C30H31BrCl2N6. The average Bonchev–Trinajstić information content (AvgIpc) is 3.62. The number of aryl methyl sites for hydroxylation is 2. The second-order valence-corrected chi connectivity index (χ2v) is 11.5. The first-order chi connectivity index (χ1) is 18.9. The smallest absolute Gasteiger partial charge is 0.164 e. The average molecular weight is 626 g/mol. The maximum atomic E-state index is 6.06. The molecule has 0 aliphatic carbocycles. The zero-order valence-corrected chi connectivity index (χ0v) is 25.2. The Bertz CT molecular complexity index is 1400. The van der Waals surface area contributed by atoms with Gasteiger partial charge >= 0.3 is 0 Å². The van der Waals surface area contributed by atoms with Crippen LogP contribution in [-0.4, -0.2) is 33.0 Å². The predicted octanol–water partition coefficient (Wildman–Crippen LogP) is 8.32. The van der Waals surface area contributed by atoms with Crippen LogP contribution in [0.3, 0.4) is 0 Å². The minimum absolute atomic E-state index is 0.363. The summed E-state index contributed by atoms with van der Waals surface area (Å²) in [5, 5.41) is 0.865. The van der Waals surface area contributed by atoms with Gasteiger partial charge in [-0.15, -0.1) is 0 Å². The molecule has 2 fully saturated rings. The molecule has 6 rings (SSSR count). The van der Waals surface area contributed by atoms with Gasteiger partial charge in [0.25, 0.3) is 0 Å². The molecule has 2 aromatic heterocycles. The summed E-state index contributed by atoms with van der Waals surface area (Å²) in [4.78, 5) is 21.8. The number of halogens is 3. The highest BCUT2D eigenvalue weighted by Gasteiger charge is 2.28. The number of rotatable bonds is 4. The number of hydrogen-bond donors (Lipinski definition) is 0. The van der Waals surface area contributed by atoms with E-state index in [1.165, 1.54) is 28.7 Å². The molecule has 2 aromatic carbocycles. The minimum atomic E-state index is 0.363. The van der Waals surface area contributed by atoms with E-state index < -0.39 is 0 Å². The van der Waals surface area contributed by atoms with E-state index in [0.29, 0.717) is 27.0 Å². The largest absolute Gasteiger partial charge is 0.348 e. The molecule has 2 saturated heterocycles. The standard InChI is InChI=1S/C15H15BrClN3.C15H16ClN3/c1-10-4-6-11(7-5-10)12-3-2-8-20(12)13-9-18-14(16)15(17)19-13;1-11-4-6-12(7-5-11)13-3-2-8-19(13)15-10-17-9-14(16)18-15/h4-7,9,12H,2-3,8H2,1H3;4-7,9-10,13H,2-3,8H2,1H3/t12-;13-/m00/s1. The zero-order valence-electron chi connectivity index (χ0n) is 22.1. The quantitative estimate of drug-likeness (QED) is 0.227. The minimum Gasteiger partial charge on any atom is -0.348 e. The van der Waals surface area contributed by atoms with Gasteiger partial charge in [0.05, 0.1) is 30.7 Å². The van der Waals surface area contributed by atoms with Gasteiger partial charge in [-0.2, -0.15) is 0 Å². The molecule has 0 amide bonds. The Hall–Kier alpha value is -2.74. The van der Waals surface area contributed by atoms with Gasteiger partial charge in [0.1, 0.15) is 21.4 Å². The molecule has 0 saturated carbocycles. The van der Waals surface area contributed by atoms with Crippen LogP contribution in [0.2, 0.25) is 10.3 Å². The third kappa shape index (κ3) is 6.71. The Morgan fingerprint density at radius 2 is 1.23 bits per heavy atom. The number of nitrogens with zero attached hydrogens (tertiary/aromatic N) is 6. The first-order valence-corrected chi connectivity index (χ1v) is 14.8. The van der Waals surface area contributed by atoms with Gasteiger partial charge in [0.15, 0.2) is 5.15 Å². The van der Waals surface area contributed by atoms with Crippen molar-refractivity contribution >= 4 is 50.8 Å². The molecule has 0 radical (unpaired) electrons. The lowest BCUT2D eigenvalue weighted by Gasteiger charge is -2.26.